The quantitative estimate of drug-likeness (QED) is 0.356. The third-order valence-electron chi connectivity index (χ3n) is 5.81. The number of halogens is 2. The Kier molecular flexibility index (Phi) is 6.96. The predicted molar refractivity (Wildman–Crippen MR) is 136 cm³/mol. The van der Waals surface area contributed by atoms with Gasteiger partial charge in [-0.1, -0.05) is 35.5 Å². The van der Waals surface area contributed by atoms with E-state index in [0.29, 0.717) is 42.2 Å². The fourth-order valence-corrected chi connectivity index (χ4v) is 5.05. The lowest BCUT2D eigenvalue weighted by molar-refractivity contribution is -0.128. The van der Waals surface area contributed by atoms with Crippen molar-refractivity contribution in [3.05, 3.63) is 83.9 Å². The predicted octanol–water partition coefficient (Wildman–Crippen LogP) is 4.56. The smallest absolute Gasteiger partial charge is 0.233 e. The Labute approximate surface area is 211 Å². The second-order valence-electron chi connectivity index (χ2n) is 7.96. The van der Waals surface area contributed by atoms with E-state index in [2.05, 4.69) is 20.1 Å². The minimum atomic E-state index is -0.253. The van der Waals surface area contributed by atoms with Gasteiger partial charge in [0, 0.05) is 49.8 Å². The number of aromatic nitrogens is 4. The second kappa shape index (κ2) is 10.5. The molecule has 0 aliphatic carbocycles. The molecule has 0 radical (unpaired) electrons. The summed E-state index contributed by atoms with van der Waals surface area (Å²) in [5.41, 5.74) is 2.56. The fourth-order valence-electron chi connectivity index (χ4n) is 3.99. The average molecular weight is 509 g/mol. The van der Waals surface area contributed by atoms with Gasteiger partial charge < -0.3 is 9.80 Å². The number of thioether (sulfide) groups is 1. The molecule has 0 N–H and O–H groups in total. The molecule has 1 aliphatic rings. The molecule has 0 unspecified atom stereocenters. The van der Waals surface area contributed by atoms with E-state index < -0.39 is 0 Å². The van der Waals surface area contributed by atoms with Gasteiger partial charge in [0.2, 0.25) is 5.91 Å². The first kappa shape index (κ1) is 23.3. The minimum Gasteiger partial charge on any atom is -0.368 e. The number of carbonyl (C=O) groups is 1. The Morgan fingerprint density at radius 1 is 0.943 bits per heavy atom. The number of anilines is 1. The number of carbonyl (C=O) groups excluding carboxylic acids is 1. The summed E-state index contributed by atoms with van der Waals surface area (Å²) in [5, 5.41) is 9.91. The highest BCUT2D eigenvalue weighted by atomic mass is 35.5. The van der Waals surface area contributed by atoms with Gasteiger partial charge in [0.05, 0.1) is 16.5 Å². The molecule has 7 nitrogen and oxygen atoms in total. The molecule has 10 heteroatoms. The Balaban J connectivity index is 1.29. The third kappa shape index (κ3) is 5.16. The van der Waals surface area contributed by atoms with Gasteiger partial charge in [-0.05, 0) is 48.5 Å². The van der Waals surface area contributed by atoms with Crippen molar-refractivity contribution in [3.8, 4) is 17.1 Å². The third-order valence-corrected chi connectivity index (χ3v) is 7.05. The van der Waals surface area contributed by atoms with Gasteiger partial charge in [-0.3, -0.25) is 14.3 Å². The summed E-state index contributed by atoms with van der Waals surface area (Å²) in [6.45, 7) is 2.61. The van der Waals surface area contributed by atoms with Crippen LogP contribution in [0.15, 0.2) is 78.2 Å². The summed E-state index contributed by atoms with van der Waals surface area (Å²) < 4.78 is 15.1. The van der Waals surface area contributed by atoms with Crippen molar-refractivity contribution in [2.75, 3.05) is 36.8 Å². The van der Waals surface area contributed by atoms with Crippen molar-refractivity contribution in [2.45, 2.75) is 5.16 Å². The van der Waals surface area contributed by atoms with Gasteiger partial charge in [0.1, 0.15) is 5.82 Å². The Bertz CT molecular complexity index is 1310. The van der Waals surface area contributed by atoms with Crippen molar-refractivity contribution in [3.63, 3.8) is 0 Å². The van der Waals surface area contributed by atoms with Crippen molar-refractivity contribution >= 4 is 35.0 Å². The molecule has 2 aromatic carbocycles. The molecule has 2 aromatic heterocycles. The topological polar surface area (TPSA) is 67.2 Å². The maximum Gasteiger partial charge on any atom is 0.233 e. The number of pyridine rings is 1. The van der Waals surface area contributed by atoms with E-state index in [1.165, 1.54) is 23.9 Å². The molecule has 1 amide bonds. The lowest BCUT2D eigenvalue weighted by atomic mass is 10.2. The molecule has 0 atom stereocenters. The average Bonchev–Trinajstić information content (AvgIpc) is 3.32. The first-order chi connectivity index (χ1) is 17.1. The normalized spacial score (nSPS) is 13.8. The van der Waals surface area contributed by atoms with Gasteiger partial charge in [0.25, 0.3) is 0 Å². The molecule has 5 rings (SSSR count). The molecule has 3 heterocycles. The van der Waals surface area contributed by atoms with E-state index in [0.717, 1.165) is 16.9 Å². The maximum atomic E-state index is 13.2. The molecule has 178 valence electrons. The molecule has 1 fully saturated rings. The standard InChI is InChI=1S/C25H22ClFN6OS/c26-21-3-1-2-4-22(21)33-24(18-9-11-28-12-10-18)29-30-25(33)35-17-23(34)32-15-13-31(14-16-32)20-7-5-19(27)6-8-20/h1-12H,13-17H2. The lowest BCUT2D eigenvalue weighted by Crippen LogP contribution is -2.49. The Hall–Kier alpha value is -3.43. The van der Waals surface area contributed by atoms with Crippen LogP contribution in [-0.2, 0) is 4.79 Å². The summed E-state index contributed by atoms with van der Waals surface area (Å²) in [5.74, 6) is 0.641. The summed E-state index contributed by atoms with van der Waals surface area (Å²) in [4.78, 5) is 21.1. The number of benzene rings is 2. The lowest BCUT2D eigenvalue weighted by Gasteiger charge is -2.36. The van der Waals surface area contributed by atoms with Gasteiger partial charge in [-0.25, -0.2) is 4.39 Å². The first-order valence-corrected chi connectivity index (χ1v) is 12.5. The zero-order chi connectivity index (χ0) is 24.2. The van der Waals surface area contributed by atoms with E-state index in [4.69, 9.17) is 11.6 Å². The number of rotatable bonds is 6. The van der Waals surface area contributed by atoms with E-state index in [9.17, 15) is 9.18 Å². The van der Waals surface area contributed by atoms with Gasteiger partial charge >= 0.3 is 0 Å². The zero-order valence-corrected chi connectivity index (χ0v) is 20.3. The van der Waals surface area contributed by atoms with Crippen LogP contribution in [0.2, 0.25) is 5.02 Å². The van der Waals surface area contributed by atoms with E-state index in [1.807, 2.05) is 45.9 Å². The molecule has 4 aromatic rings. The van der Waals surface area contributed by atoms with Crippen LogP contribution in [0.4, 0.5) is 10.1 Å². The summed E-state index contributed by atoms with van der Waals surface area (Å²) >= 11 is 7.84. The largest absolute Gasteiger partial charge is 0.368 e. The highest BCUT2D eigenvalue weighted by Gasteiger charge is 2.23. The monoisotopic (exact) mass is 508 g/mol. The highest BCUT2D eigenvalue weighted by Crippen LogP contribution is 2.31. The van der Waals surface area contributed by atoms with Gasteiger partial charge in [0.15, 0.2) is 11.0 Å². The molecular weight excluding hydrogens is 487 g/mol. The molecule has 1 aliphatic heterocycles. The Morgan fingerprint density at radius 3 is 2.37 bits per heavy atom. The number of piperazine rings is 1. The summed E-state index contributed by atoms with van der Waals surface area (Å²) in [7, 11) is 0. The number of amides is 1. The molecule has 1 saturated heterocycles. The SMILES string of the molecule is O=C(CSc1nnc(-c2ccncc2)n1-c1ccccc1Cl)N1CCN(c2ccc(F)cc2)CC1. The maximum absolute atomic E-state index is 13.2. The molecule has 0 spiro atoms. The highest BCUT2D eigenvalue weighted by molar-refractivity contribution is 7.99. The minimum absolute atomic E-state index is 0.0351. The van der Waals surface area contributed by atoms with Crippen molar-refractivity contribution < 1.29 is 9.18 Å². The van der Waals surface area contributed by atoms with E-state index >= 15 is 0 Å². The van der Waals surface area contributed by atoms with Crippen LogP contribution in [0.1, 0.15) is 0 Å². The van der Waals surface area contributed by atoms with Crippen LogP contribution < -0.4 is 4.90 Å². The summed E-state index contributed by atoms with van der Waals surface area (Å²) in [6.07, 6.45) is 3.39. The van der Waals surface area contributed by atoms with Crippen LogP contribution in [0.3, 0.4) is 0 Å². The van der Waals surface area contributed by atoms with E-state index in [-0.39, 0.29) is 17.5 Å². The zero-order valence-electron chi connectivity index (χ0n) is 18.7. The van der Waals surface area contributed by atoms with Gasteiger partial charge in [-0.2, -0.15) is 0 Å². The number of hydrogen-bond donors (Lipinski definition) is 0. The van der Waals surface area contributed by atoms with Crippen LogP contribution >= 0.6 is 23.4 Å². The summed E-state index contributed by atoms with van der Waals surface area (Å²) in [6, 6.07) is 17.6. The number of hydrogen-bond acceptors (Lipinski definition) is 6. The molecule has 35 heavy (non-hydrogen) atoms. The number of para-hydroxylation sites is 1. The van der Waals surface area contributed by atoms with Crippen LogP contribution in [0.25, 0.3) is 17.1 Å². The number of nitrogens with zero attached hydrogens (tertiary/aromatic N) is 6. The second-order valence-corrected chi connectivity index (χ2v) is 9.31. The van der Waals surface area contributed by atoms with Crippen LogP contribution in [0, 0.1) is 5.82 Å². The van der Waals surface area contributed by atoms with Crippen LogP contribution in [0.5, 0.6) is 0 Å². The molecular formula is C25H22ClFN6OS. The van der Waals surface area contributed by atoms with E-state index in [1.54, 1.807) is 24.5 Å². The Morgan fingerprint density at radius 2 is 1.66 bits per heavy atom. The van der Waals surface area contributed by atoms with Crippen LogP contribution in [-0.4, -0.2) is 62.5 Å². The first-order valence-electron chi connectivity index (χ1n) is 11.1. The van der Waals surface area contributed by atoms with Crippen molar-refractivity contribution in [2.24, 2.45) is 0 Å². The van der Waals surface area contributed by atoms with Crippen molar-refractivity contribution in [1.82, 2.24) is 24.6 Å². The molecule has 0 bridgehead atoms. The van der Waals surface area contributed by atoms with Gasteiger partial charge in [-0.15, -0.1) is 10.2 Å². The fraction of sp³-hybridized carbons (Fsp3) is 0.200. The molecule has 0 saturated carbocycles. The van der Waals surface area contributed by atoms with Crippen molar-refractivity contribution in [1.29, 1.82) is 0 Å².